The van der Waals surface area contributed by atoms with Crippen LogP contribution in [0.5, 0.6) is 0 Å². The lowest BCUT2D eigenvalue weighted by Gasteiger charge is -2.07. The molecule has 0 aliphatic carbocycles. The Hall–Kier alpha value is -2.14. The fourth-order valence-electron chi connectivity index (χ4n) is 2.24. The van der Waals surface area contributed by atoms with Crippen molar-refractivity contribution >= 4 is 21.8 Å². The third-order valence-corrected chi connectivity index (χ3v) is 4.00. The molecule has 0 spiro atoms. The van der Waals surface area contributed by atoms with Crippen molar-refractivity contribution in [2.24, 2.45) is 0 Å². The number of hydrogen-bond acceptors (Lipinski definition) is 3. The van der Waals surface area contributed by atoms with Crippen LogP contribution in [0.2, 0.25) is 0 Å². The van der Waals surface area contributed by atoms with Crippen LogP contribution >= 0.6 is 15.9 Å². The molecule has 106 valence electrons. The number of nitrogens with two attached hydrogens (primary N) is 1. The van der Waals surface area contributed by atoms with E-state index in [-0.39, 0.29) is 11.7 Å². The topological polar surface area (TPSA) is 52.0 Å². The predicted octanol–water partition coefficient (Wildman–Crippen LogP) is 4.80. The first kappa shape index (κ1) is 13.8. The minimum absolute atomic E-state index is 0.165. The summed E-state index contributed by atoms with van der Waals surface area (Å²) in [6.45, 7) is 1.71. The molecule has 3 aromatic rings. The molecule has 0 aliphatic heterocycles. The molecular formula is C16H12BrFN2O. The second-order valence-electron chi connectivity index (χ2n) is 4.69. The van der Waals surface area contributed by atoms with E-state index in [0.717, 1.165) is 10.0 Å². The monoisotopic (exact) mass is 346 g/mol. The van der Waals surface area contributed by atoms with Gasteiger partial charge in [0.15, 0.2) is 0 Å². The van der Waals surface area contributed by atoms with Gasteiger partial charge in [0.2, 0.25) is 5.88 Å². The Labute approximate surface area is 129 Å². The normalized spacial score (nSPS) is 10.8. The van der Waals surface area contributed by atoms with Crippen molar-refractivity contribution in [2.75, 3.05) is 5.73 Å². The number of rotatable bonds is 2. The summed E-state index contributed by atoms with van der Waals surface area (Å²) in [5, 5.41) is 3.94. The second-order valence-corrected chi connectivity index (χ2v) is 5.54. The van der Waals surface area contributed by atoms with E-state index in [1.54, 1.807) is 25.1 Å². The van der Waals surface area contributed by atoms with Crippen LogP contribution in [0.4, 0.5) is 10.3 Å². The number of aryl methyl sites for hydroxylation is 1. The van der Waals surface area contributed by atoms with Gasteiger partial charge in [0.1, 0.15) is 11.5 Å². The lowest BCUT2D eigenvalue weighted by Crippen LogP contribution is -1.92. The highest BCUT2D eigenvalue weighted by Gasteiger charge is 2.21. The Balaban J connectivity index is 2.28. The molecule has 21 heavy (non-hydrogen) atoms. The van der Waals surface area contributed by atoms with Gasteiger partial charge in [-0.15, -0.1) is 0 Å². The number of anilines is 1. The maximum Gasteiger partial charge on any atom is 0.230 e. The van der Waals surface area contributed by atoms with Crippen LogP contribution in [-0.2, 0) is 0 Å². The van der Waals surface area contributed by atoms with E-state index in [2.05, 4.69) is 21.1 Å². The van der Waals surface area contributed by atoms with Crippen molar-refractivity contribution < 1.29 is 8.91 Å². The number of halogens is 2. The van der Waals surface area contributed by atoms with Gasteiger partial charge in [0.05, 0.1) is 5.56 Å². The van der Waals surface area contributed by atoms with Gasteiger partial charge in [0, 0.05) is 15.6 Å². The minimum atomic E-state index is -0.320. The van der Waals surface area contributed by atoms with Crippen molar-refractivity contribution in [3.63, 3.8) is 0 Å². The number of nitrogens with zero attached hydrogens (tertiary/aromatic N) is 1. The molecule has 0 atom stereocenters. The van der Waals surface area contributed by atoms with Gasteiger partial charge in [-0.05, 0) is 24.6 Å². The van der Waals surface area contributed by atoms with Crippen molar-refractivity contribution in [1.29, 1.82) is 0 Å². The van der Waals surface area contributed by atoms with E-state index in [1.807, 2.05) is 24.3 Å². The molecule has 5 heteroatoms. The van der Waals surface area contributed by atoms with E-state index >= 15 is 0 Å². The van der Waals surface area contributed by atoms with E-state index in [9.17, 15) is 4.39 Å². The number of benzene rings is 2. The van der Waals surface area contributed by atoms with E-state index in [4.69, 9.17) is 10.3 Å². The van der Waals surface area contributed by atoms with Gasteiger partial charge in [0.25, 0.3) is 0 Å². The van der Waals surface area contributed by atoms with Crippen molar-refractivity contribution in [1.82, 2.24) is 5.16 Å². The minimum Gasteiger partial charge on any atom is -0.367 e. The third kappa shape index (κ3) is 2.34. The summed E-state index contributed by atoms with van der Waals surface area (Å²) in [4.78, 5) is 0. The molecule has 1 heterocycles. The molecule has 0 saturated carbocycles. The molecule has 0 bridgehead atoms. The van der Waals surface area contributed by atoms with Crippen molar-refractivity contribution in [3.8, 4) is 22.4 Å². The molecule has 3 nitrogen and oxygen atoms in total. The van der Waals surface area contributed by atoms with Crippen LogP contribution in [0, 0.1) is 12.7 Å². The quantitative estimate of drug-likeness (QED) is 0.724. The molecule has 0 radical (unpaired) electrons. The Morgan fingerprint density at radius 1 is 1.10 bits per heavy atom. The molecule has 0 aliphatic rings. The summed E-state index contributed by atoms with van der Waals surface area (Å²) >= 11 is 3.47. The summed E-state index contributed by atoms with van der Waals surface area (Å²) in [5.41, 5.74) is 8.63. The molecule has 0 fully saturated rings. The predicted molar refractivity (Wildman–Crippen MR) is 84.2 cm³/mol. The van der Waals surface area contributed by atoms with Crippen molar-refractivity contribution in [2.45, 2.75) is 6.92 Å². The second kappa shape index (κ2) is 5.33. The highest BCUT2D eigenvalue weighted by molar-refractivity contribution is 9.10. The molecule has 2 N–H and O–H groups in total. The zero-order valence-corrected chi connectivity index (χ0v) is 12.8. The van der Waals surface area contributed by atoms with Crippen LogP contribution in [0.1, 0.15) is 5.56 Å². The first-order valence-electron chi connectivity index (χ1n) is 6.35. The lowest BCUT2D eigenvalue weighted by molar-refractivity contribution is 0.439. The SMILES string of the molecule is Cc1cccc(-c2noc(N)c2-c2ccccc2Br)c1F. The molecule has 0 amide bonds. The highest BCUT2D eigenvalue weighted by Crippen LogP contribution is 2.40. The molecular weight excluding hydrogens is 335 g/mol. The van der Waals surface area contributed by atoms with Crippen LogP contribution in [0.15, 0.2) is 51.5 Å². The lowest BCUT2D eigenvalue weighted by atomic mass is 9.99. The summed E-state index contributed by atoms with van der Waals surface area (Å²) < 4.78 is 20.3. The Morgan fingerprint density at radius 3 is 2.57 bits per heavy atom. The molecule has 1 aromatic heterocycles. The van der Waals surface area contributed by atoms with E-state index in [1.165, 1.54) is 0 Å². The summed E-state index contributed by atoms with van der Waals surface area (Å²) in [5.74, 6) is -0.156. The standard InChI is InChI=1S/C16H12BrFN2O/c1-9-5-4-7-11(14(9)18)15-13(16(19)21-20-15)10-6-2-3-8-12(10)17/h2-8H,19H2,1H3. The van der Waals surface area contributed by atoms with Crippen molar-refractivity contribution in [3.05, 3.63) is 58.3 Å². The van der Waals surface area contributed by atoms with Crippen LogP contribution < -0.4 is 5.73 Å². The largest absolute Gasteiger partial charge is 0.367 e. The van der Waals surface area contributed by atoms with Gasteiger partial charge < -0.3 is 10.3 Å². The summed E-state index contributed by atoms with van der Waals surface area (Å²) in [6, 6.07) is 12.7. The van der Waals surface area contributed by atoms with Crippen LogP contribution in [-0.4, -0.2) is 5.16 Å². The average Bonchev–Trinajstić information content (AvgIpc) is 2.84. The molecule has 2 aromatic carbocycles. The Morgan fingerprint density at radius 2 is 1.81 bits per heavy atom. The number of aromatic nitrogens is 1. The first-order chi connectivity index (χ1) is 10.1. The first-order valence-corrected chi connectivity index (χ1v) is 7.14. The highest BCUT2D eigenvalue weighted by atomic mass is 79.9. The van der Waals surface area contributed by atoms with E-state index in [0.29, 0.717) is 22.4 Å². The van der Waals surface area contributed by atoms with E-state index < -0.39 is 0 Å². The fraction of sp³-hybridized carbons (Fsp3) is 0.0625. The average molecular weight is 347 g/mol. The molecule has 0 saturated heterocycles. The van der Waals surface area contributed by atoms with Gasteiger partial charge in [-0.25, -0.2) is 4.39 Å². The van der Waals surface area contributed by atoms with Gasteiger partial charge >= 0.3 is 0 Å². The van der Waals surface area contributed by atoms with Crippen LogP contribution in [0.3, 0.4) is 0 Å². The van der Waals surface area contributed by atoms with Gasteiger partial charge in [-0.1, -0.05) is 51.4 Å². The van der Waals surface area contributed by atoms with Gasteiger partial charge in [-0.2, -0.15) is 0 Å². The van der Waals surface area contributed by atoms with Gasteiger partial charge in [-0.3, -0.25) is 0 Å². The number of nitrogen functional groups attached to an aromatic ring is 1. The number of hydrogen-bond donors (Lipinski definition) is 1. The fourth-order valence-corrected chi connectivity index (χ4v) is 2.72. The Bertz CT molecular complexity index is 814. The summed E-state index contributed by atoms with van der Waals surface area (Å²) in [6.07, 6.45) is 0. The summed E-state index contributed by atoms with van der Waals surface area (Å²) in [7, 11) is 0. The molecule has 3 rings (SSSR count). The zero-order valence-electron chi connectivity index (χ0n) is 11.2. The molecule has 0 unspecified atom stereocenters. The third-order valence-electron chi connectivity index (χ3n) is 3.31. The maximum absolute atomic E-state index is 14.4. The maximum atomic E-state index is 14.4. The Kier molecular flexibility index (Phi) is 3.51. The zero-order chi connectivity index (χ0) is 15.0. The van der Waals surface area contributed by atoms with Crippen LogP contribution in [0.25, 0.3) is 22.4 Å². The smallest absolute Gasteiger partial charge is 0.230 e.